The Morgan fingerprint density at radius 1 is 1.58 bits per heavy atom. The van der Waals surface area contributed by atoms with Crippen LogP contribution in [0.4, 0.5) is 0 Å². The predicted molar refractivity (Wildman–Crippen MR) is 76.1 cm³/mol. The number of nitrogens with two attached hydrogens (primary N) is 1. The van der Waals surface area contributed by atoms with Crippen molar-refractivity contribution >= 4 is 17.4 Å². The highest BCUT2D eigenvalue weighted by Gasteiger charge is 2.32. The molecule has 1 aromatic carbocycles. The molecule has 0 amide bonds. The van der Waals surface area contributed by atoms with Crippen LogP contribution in [0.1, 0.15) is 32.3 Å². The highest BCUT2D eigenvalue weighted by atomic mass is 35.5. The van der Waals surface area contributed by atoms with E-state index in [0.717, 1.165) is 12.8 Å². The van der Waals surface area contributed by atoms with E-state index in [1.807, 2.05) is 0 Å². The van der Waals surface area contributed by atoms with E-state index in [-0.39, 0.29) is 17.5 Å². The second-order valence-electron chi connectivity index (χ2n) is 5.40. The molecule has 0 saturated carbocycles. The standard InChI is InChI=1S/C14H19ClN2O2/c1-14(2)6-5-10(19-14)8-18-12-7-9(15)3-4-11(12)13(16)17/h3-4,7,10H,5-6,8H2,1-2H3,(H3,16,17). The van der Waals surface area contributed by atoms with E-state index in [0.29, 0.717) is 22.9 Å². The zero-order valence-corrected chi connectivity index (χ0v) is 12.0. The second-order valence-corrected chi connectivity index (χ2v) is 5.84. The lowest BCUT2D eigenvalue weighted by Crippen LogP contribution is -2.24. The van der Waals surface area contributed by atoms with Crippen molar-refractivity contribution in [2.45, 2.75) is 38.4 Å². The lowest BCUT2D eigenvalue weighted by molar-refractivity contribution is -0.0326. The molecule has 0 aromatic heterocycles. The molecular formula is C14H19ClN2O2. The monoisotopic (exact) mass is 282 g/mol. The minimum Gasteiger partial charge on any atom is -0.490 e. The molecule has 2 rings (SSSR count). The molecule has 1 heterocycles. The first-order chi connectivity index (χ1) is 8.87. The molecule has 5 heteroatoms. The number of nitrogens with one attached hydrogen (secondary N) is 1. The number of halogens is 1. The van der Waals surface area contributed by atoms with Gasteiger partial charge in [-0.05, 0) is 44.9 Å². The minimum atomic E-state index is -0.0776. The SMILES string of the molecule is CC1(C)CCC(COc2cc(Cl)ccc2C(=N)N)O1. The molecule has 1 aromatic rings. The molecule has 1 atom stereocenters. The third-order valence-electron chi connectivity index (χ3n) is 3.21. The van der Waals surface area contributed by atoms with Gasteiger partial charge in [0, 0.05) is 5.02 Å². The first-order valence-corrected chi connectivity index (χ1v) is 6.70. The number of ether oxygens (including phenoxy) is 2. The average Bonchev–Trinajstić information content (AvgIpc) is 2.66. The molecule has 0 aliphatic carbocycles. The maximum absolute atomic E-state index is 7.52. The molecule has 104 valence electrons. The molecule has 0 spiro atoms. The van der Waals surface area contributed by atoms with Crippen LogP contribution in [0.5, 0.6) is 5.75 Å². The van der Waals surface area contributed by atoms with Crippen molar-refractivity contribution in [2.24, 2.45) is 5.73 Å². The van der Waals surface area contributed by atoms with E-state index in [2.05, 4.69) is 13.8 Å². The maximum Gasteiger partial charge on any atom is 0.131 e. The topological polar surface area (TPSA) is 68.3 Å². The fraction of sp³-hybridized carbons (Fsp3) is 0.500. The lowest BCUT2D eigenvalue weighted by Gasteiger charge is -2.20. The van der Waals surface area contributed by atoms with Crippen molar-refractivity contribution in [2.75, 3.05) is 6.61 Å². The Bertz CT molecular complexity index is 488. The van der Waals surface area contributed by atoms with Gasteiger partial charge in [-0.15, -0.1) is 0 Å². The van der Waals surface area contributed by atoms with Crippen LogP contribution in [-0.4, -0.2) is 24.1 Å². The number of rotatable bonds is 4. The number of amidine groups is 1. The lowest BCUT2D eigenvalue weighted by atomic mass is 10.1. The quantitative estimate of drug-likeness (QED) is 0.659. The van der Waals surface area contributed by atoms with Crippen molar-refractivity contribution in [3.63, 3.8) is 0 Å². The van der Waals surface area contributed by atoms with Gasteiger partial charge in [-0.2, -0.15) is 0 Å². The van der Waals surface area contributed by atoms with Crippen molar-refractivity contribution < 1.29 is 9.47 Å². The van der Waals surface area contributed by atoms with E-state index in [9.17, 15) is 0 Å². The summed E-state index contributed by atoms with van der Waals surface area (Å²) in [5.41, 5.74) is 6.00. The van der Waals surface area contributed by atoms with Gasteiger partial charge in [0.1, 0.15) is 18.2 Å². The van der Waals surface area contributed by atoms with Crippen LogP contribution in [0.2, 0.25) is 5.02 Å². The van der Waals surface area contributed by atoms with Gasteiger partial charge in [-0.3, -0.25) is 5.41 Å². The van der Waals surface area contributed by atoms with Gasteiger partial charge in [-0.25, -0.2) is 0 Å². The number of benzene rings is 1. The van der Waals surface area contributed by atoms with Crippen LogP contribution in [0, 0.1) is 5.41 Å². The van der Waals surface area contributed by atoms with Gasteiger partial charge < -0.3 is 15.2 Å². The van der Waals surface area contributed by atoms with Crippen LogP contribution in [0.3, 0.4) is 0 Å². The highest BCUT2D eigenvalue weighted by Crippen LogP contribution is 2.30. The zero-order chi connectivity index (χ0) is 14.0. The Kier molecular flexibility index (Phi) is 4.02. The molecule has 0 bridgehead atoms. The Morgan fingerprint density at radius 3 is 2.89 bits per heavy atom. The summed E-state index contributed by atoms with van der Waals surface area (Å²) in [6.07, 6.45) is 2.08. The first kappa shape index (κ1) is 14.2. The third-order valence-corrected chi connectivity index (χ3v) is 3.45. The van der Waals surface area contributed by atoms with E-state index in [4.69, 9.17) is 32.2 Å². The smallest absolute Gasteiger partial charge is 0.131 e. The predicted octanol–water partition coefficient (Wildman–Crippen LogP) is 2.96. The average molecular weight is 283 g/mol. The van der Waals surface area contributed by atoms with E-state index in [1.54, 1.807) is 18.2 Å². The summed E-state index contributed by atoms with van der Waals surface area (Å²) in [7, 11) is 0. The van der Waals surface area contributed by atoms with Crippen LogP contribution >= 0.6 is 11.6 Å². The van der Waals surface area contributed by atoms with Crippen LogP contribution in [0.15, 0.2) is 18.2 Å². The van der Waals surface area contributed by atoms with Crippen LogP contribution < -0.4 is 10.5 Å². The number of nitrogen functional groups attached to an aromatic ring is 1. The van der Waals surface area contributed by atoms with Crippen molar-refractivity contribution in [3.8, 4) is 5.75 Å². The molecule has 1 saturated heterocycles. The van der Waals surface area contributed by atoms with Crippen molar-refractivity contribution in [1.82, 2.24) is 0 Å². The van der Waals surface area contributed by atoms with E-state index < -0.39 is 0 Å². The summed E-state index contributed by atoms with van der Waals surface area (Å²) in [4.78, 5) is 0. The first-order valence-electron chi connectivity index (χ1n) is 6.32. The third kappa shape index (κ3) is 3.61. The maximum atomic E-state index is 7.52. The Balaban J connectivity index is 2.03. The summed E-state index contributed by atoms with van der Waals surface area (Å²) in [6, 6.07) is 5.07. The van der Waals surface area contributed by atoms with Crippen LogP contribution in [-0.2, 0) is 4.74 Å². The molecule has 19 heavy (non-hydrogen) atoms. The second kappa shape index (κ2) is 5.39. The molecule has 1 aliphatic heterocycles. The molecule has 1 fully saturated rings. The fourth-order valence-electron chi connectivity index (χ4n) is 2.22. The Labute approximate surface area is 118 Å². The Morgan fingerprint density at radius 2 is 2.32 bits per heavy atom. The van der Waals surface area contributed by atoms with Gasteiger partial charge in [-0.1, -0.05) is 11.6 Å². The fourth-order valence-corrected chi connectivity index (χ4v) is 2.38. The van der Waals surface area contributed by atoms with Gasteiger partial charge >= 0.3 is 0 Å². The number of hydrogen-bond acceptors (Lipinski definition) is 3. The minimum absolute atomic E-state index is 0.0284. The largest absolute Gasteiger partial charge is 0.490 e. The summed E-state index contributed by atoms with van der Waals surface area (Å²) in [5.74, 6) is 0.507. The van der Waals surface area contributed by atoms with Crippen molar-refractivity contribution in [3.05, 3.63) is 28.8 Å². The highest BCUT2D eigenvalue weighted by molar-refractivity contribution is 6.30. The number of hydrogen-bond donors (Lipinski definition) is 2. The molecule has 0 radical (unpaired) electrons. The zero-order valence-electron chi connectivity index (χ0n) is 11.2. The normalized spacial score (nSPS) is 21.3. The van der Waals surface area contributed by atoms with Gasteiger partial charge in [0.05, 0.1) is 17.3 Å². The molecule has 1 aliphatic rings. The van der Waals surface area contributed by atoms with E-state index in [1.165, 1.54) is 0 Å². The van der Waals surface area contributed by atoms with Crippen molar-refractivity contribution in [1.29, 1.82) is 5.41 Å². The van der Waals surface area contributed by atoms with Gasteiger partial charge in [0.15, 0.2) is 0 Å². The molecule has 1 unspecified atom stereocenters. The van der Waals surface area contributed by atoms with E-state index >= 15 is 0 Å². The molecule has 3 N–H and O–H groups in total. The van der Waals surface area contributed by atoms with Gasteiger partial charge in [0.25, 0.3) is 0 Å². The molecular weight excluding hydrogens is 264 g/mol. The Hall–Kier alpha value is -1.26. The van der Waals surface area contributed by atoms with Gasteiger partial charge in [0.2, 0.25) is 0 Å². The summed E-state index contributed by atoms with van der Waals surface area (Å²) >= 11 is 5.94. The molecule has 4 nitrogen and oxygen atoms in total. The summed E-state index contributed by atoms with van der Waals surface area (Å²) in [5, 5.41) is 8.08. The summed E-state index contributed by atoms with van der Waals surface area (Å²) < 4.78 is 11.6. The summed E-state index contributed by atoms with van der Waals surface area (Å²) in [6.45, 7) is 4.60. The van der Waals surface area contributed by atoms with Crippen LogP contribution in [0.25, 0.3) is 0 Å².